The summed E-state index contributed by atoms with van der Waals surface area (Å²) in [7, 11) is 0. The Hall–Kier alpha value is -2.08. The number of hydrogen-bond donors (Lipinski definition) is 1. The molecule has 0 aliphatic rings. The maximum absolute atomic E-state index is 12.1. The van der Waals surface area contributed by atoms with E-state index in [0.717, 1.165) is 29.4 Å². The summed E-state index contributed by atoms with van der Waals surface area (Å²) in [5, 5.41) is 12.4. The van der Waals surface area contributed by atoms with Gasteiger partial charge in [0.2, 0.25) is 5.91 Å². The van der Waals surface area contributed by atoms with Crippen molar-refractivity contribution in [2.75, 3.05) is 5.75 Å². The van der Waals surface area contributed by atoms with Crippen LogP contribution in [0.15, 0.2) is 42.1 Å². The van der Waals surface area contributed by atoms with Crippen LogP contribution in [0.5, 0.6) is 0 Å². The first-order valence-corrected chi connectivity index (χ1v) is 9.60. The summed E-state index contributed by atoms with van der Waals surface area (Å²) in [5.41, 5.74) is 2.19. The Kier molecular flexibility index (Phi) is 7.25. The van der Waals surface area contributed by atoms with Crippen molar-refractivity contribution >= 4 is 17.7 Å². The second-order valence-corrected chi connectivity index (χ2v) is 6.89. The molecule has 0 radical (unpaired) electrons. The van der Waals surface area contributed by atoms with E-state index in [2.05, 4.69) is 55.0 Å². The van der Waals surface area contributed by atoms with E-state index in [-0.39, 0.29) is 11.9 Å². The first-order chi connectivity index (χ1) is 12.1. The van der Waals surface area contributed by atoms with Crippen LogP contribution in [0, 0.1) is 6.92 Å². The highest BCUT2D eigenvalue weighted by atomic mass is 32.2. The lowest BCUT2D eigenvalue weighted by Crippen LogP contribution is -2.35. The summed E-state index contributed by atoms with van der Waals surface area (Å²) >= 11 is 1.41. The first-order valence-electron chi connectivity index (χ1n) is 8.62. The monoisotopic (exact) mass is 358 g/mol. The molecular weight excluding hydrogens is 332 g/mol. The Bertz CT molecular complexity index is 722. The molecule has 0 spiro atoms. The number of allylic oxidation sites excluding steroid dienone is 1. The van der Waals surface area contributed by atoms with Gasteiger partial charge in [0.25, 0.3) is 0 Å². The standard InChI is InChI=1S/C19H26N4OS/c1-5-11-23-18(15-10-8-9-14(4)12-15)21-22-19(23)25-13-17(24)20-16(6-2)7-3/h5,8-10,12,16H,1,6-7,11,13H2,2-4H3,(H,20,24). The van der Waals surface area contributed by atoms with Crippen LogP contribution >= 0.6 is 11.8 Å². The van der Waals surface area contributed by atoms with Crippen LogP contribution < -0.4 is 5.32 Å². The number of carbonyl (C=O) groups excluding carboxylic acids is 1. The SMILES string of the molecule is C=CCn1c(SCC(=O)NC(CC)CC)nnc1-c1cccc(C)c1. The van der Waals surface area contributed by atoms with Crippen LogP contribution in [0.25, 0.3) is 11.4 Å². The van der Waals surface area contributed by atoms with Crippen LogP contribution in [0.3, 0.4) is 0 Å². The van der Waals surface area contributed by atoms with Crippen molar-refractivity contribution in [2.24, 2.45) is 0 Å². The van der Waals surface area contributed by atoms with Crippen molar-refractivity contribution in [3.8, 4) is 11.4 Å². The van der Waals surface area contributed by atoms with E-state index in [9.17, 15) is 4.79 Å². The first kappa shape index (κ1) is 19.2. The molecule has 5 nitrogen and oxygen atoms in total. The molecule has 2 rings (SSSR count). The fraction of sp³-hybridized carbons (Fsp3) is 0.421. The van der Waals surface area contributed by atoms with Gasteiger partial charge in [-0.05, 0) is 25.8 Å². The molecule has 0 atom stereocenters. The number of thioether (sulfide) groups is 1. The van der Waals surface area contributed by atoms with Gasteiger partial charge in [-0.1, -0.05) is 55.4 Å². The van der Waals surface area contributed by atoms with E-state index >= 15 is 0 Å². The lowest BCUT2D eigenvalue weighted by Gasteiger charge is -2.14. The molecule has 0 aliphatic heterocycles. The van der Waals surface area contributed by atoms with Gasteiger partial charge < -0.3 is 5.32 Å². The molecule has 0 aliphatic carbocycles. The van der Waals surface area contributed by atoms with E-state index in [1.165, 1.54) is 17.3 Å². The fourth-order valence-electron chi connectivity index (χ4n) is 2.58. The molecule has 0 unspecified atom stereocenters. The second kappa shape index (κ2) is 9.42. The molecule has 0 fully saturated rings. The van der Waals surface area contributed by atoms with Crippen LogP contribution in [-0.2, 0) is 11.3 Å². The van der Waals surface area contributed by atoms with Gasteiger partial charge in [0.15, 0.2) is 11.0 Å². The Morgan fingerprint density at radius 3 is 2.76 bits per heavy atom. The van der Waals surface area contributed by atoms with Crippen molar-refractivity contribution in [1.29, 1.82) is 0 Å². The lowest BCUT2D eigenvalue weighted by molar-refractivity contribution is -0.119. The third-order valence-corrected chi connectivity index (χ3v) is 4.95. The number of hydrogen-bond acceptors (Lipinski definition) is 4. The molecule has 1 aromatic heterocycles. The number of amides is 1. The largest absolute Gasteiger partial charge is 0.353 e. The number of aromatic nitrogens is 3. The third-order valence-electron chi connectivity index (χ3n) is 3.99. The van der Waals surface area contributed by atoms with Gasteiger partial charge >= 0.3 is 0 Å². The number of benzene rings is 1. The van der Waals surface area contributed by atoms with Crippen LogP contribution in [-0.4, -0.2) is 32.5 Å². The Morgan fingerprint density at radius 1 is 1.36 bits per heavy atom. The number of rotatable bonds is 9. The Labute approximate surface area is 153 Å². The summed E-state index contributed by atoms with van der Waals surface area (Å²) in [4.78, 5) is 12.1. The van der Waals surface area contributed by atoms with E-state index in [1.807, 2.05) is 22.8 Å². The molecule has 1 amide bonds. The lowest BCUT2D eigenvalue weighted by atomic mass is 10.1. The topological polar surface area (TPSA) is 59.8 Å². The zero-order valence-corrected chi connectivity index (χ0v) is 16.0. The van der Waals surface area contributed by atoms with Crippen molar-refractivity contribution in [2.45, 2.75) is 51.4 Å². The molecule has 0 bridgehead atoms. The molecular formula is C19H26N4OS. The normalized spacial score (nSPS) is 10.9. The van der Waals surface area contributed by atoms with E-state index in [0.29, 0.717) is 12.3 Å². The Morgan fingerprint density at radius 2 is 2.12 bits per heavy atom. The van der Waals surface area contributed by atoms with Gasteiger partial charge in [-0.25, -0.2) is 0 Å². The smallest absolute Gasteiger partial charge is 0.230 e. The summed E-state index contributed by atoms with van der Waals surface area (Å²) in [6.07, 6.45) is 3.70. The number of nitrogens with one attached hydrogen (secondary N) is 1. The fourth-order valence-corrected chi connectivity index (χ4v) is 3.34. The molecule has 6 heteroatoms. The number of carbonyl (C=O) groups is 1. The van der Waals surface area contributed by atoms with Gasteiger partial charge in [-0.2, -0.15) is 0 Å². The van der Waals surface area contributed by atoms with E-state index in [1.54, 1.807) is 0 Å². The maximum Gasteiger partial charge on any atom is 0.230 e. The van der Waals surface area contributed by atoms with Crippen LogP contribution in [0.2, 0.25) is 0 Å². The molecule has 1 N–H and O–H groups in total. The summed E-state index contributed by atoms with van der Waals surface area (Å²) < 4.78 is 2.00. The Balaban J connectivity index is 2.13. The zero-order valence-electron chi connectivity index (χ0n) is 15.2. The van der Waals surface area contributed by atoms with Crippen molar-refractivity contribution in [1.82, 2.24) is 20.1 Å². The zero-order chi connectivity index (χ0) is 18.2. The molecule has 1 heterocycles. The summed E-state index contributed by atoms with van der Waals surface area (Å²) in [5.74, 6) is 1.16. The quantitative estimate of drug-likeness (QED) is 0.546. The van der Waals surface area contributed by atoms with Crippen molar-refractivity contribution in [3.63, 3.8) is 0 Å². The molecule has 2 aromatic rings. The minimum atomic E-state index is 0.0314. The average Bonchev–Trinajstić information content (AvgIpc) is 3.01. The molecule has 25 heavy (non-hydrogen) atoms. The minimum absolute atomic E-state index is 0.0314. The van der Waals surface area contributed by atoms with Gasteiger partial charge in [0.1, 0.15) is 0 Å². The predicted octanol–water partition coefficient (Wildman–Crippen LogP) is 3.84. The van der Waals surface area contributed by atoms with Gasteiger partial charge in [-0.15, -0.1) is 16.8 Å². The van der Waals surface area contributed by atoms with Crippen molar-refractivity contribution < 1.29 is 4.79 Å². The van der Waals surface area contributed by atoms with Gasteiger partial charge in [0.05, 0.1) is 5.75 Å². The highest BCUT2D eigenvalue weighted by Gasteiger charge is 2.16. The van der Waals surface area contributed by atoms with Crippen LogP contribution in [0.4, 0.5) is 0 Å². The molecule has 1 aromatic carbocycles. The summed E-state index contributed by atoms with van der Waals surface area (Å²) in [6, 6.07) is 8.40. The van der Waals surface area contributed by atoms with Gasteiger partial charge in [-0.3, -0.25) is 9.36 Å². The van der Waals surface area contributed by atoms with Gasteiger partial charge in [0, 0.05) is 18.2 Å². The van der Waals surface area contributed by atoms with E-state index < -0.39 is 0 Å². The molecule has 0 saturated carbocycles. The minimum Gasteiger partial charge on any atom is -0.353 e. The third kappa shape index (κ3) is 5.19. The second-order valence-electron chi connectivity index (χ2n) is 5.94. The highest BCUT2D eigenvalue weighted by molar-refractivity contribution is 7.99. The maximum atomic E-state index is 12.1. The number of nitrogens with zero attached hydrogens (tertiary/aromatic N) is 3. The van der Waals surface area contributed by atoms with Crippen molar-refractivity contribution in [3.05, 3.63) is 42.5 Å². The van der Waals surface area contributed by atoms with Crippen LogP contribution in [0.1, 0.15) is 32.3 Å². The highest BCUT2D eigenvalue weighted by Crippen LogP contribution is 2.24. The van der Waals surface area contributed by atoms with E-state index in [4.69, 9.17) is 0 Å². The average molecular weight is 359 g/mol. The molecule has 0 saturated heterocycles. The molecule has 134 valence electrons. The summed E-state index contributed by atoms with van der Waals surface area (Å²) in [6.45, 7) is 10.6. The number of aryl methyl sites for hydroxylation is 1. The predicted molar refractivity (Wildman–Crippen MR) is 104 cm³/mol.